The number of nitrogens with one attached hydrogen (secondary N) is 1. The van der Waals surface area contributed by atoms with E-state index in [9.17, 15) is 14.7 Å². The largest absolute Gasteiger partial charge is 0.507 e. The van der Waals surface area contributed by atoms with E-state index in [4.69, 9.17) is 0 Å². The summed E-state index contributed by atoms with van der Waals surface area (Å²) in [7, 11) is 0. The number of aromatic hydroxyl groups is 1. The van der Waals surface area contributed by atoms with Gasteiger partial charge in [0.1, 0.15) is 5.75 Å². The van der Waals surface area contributed by atoms with Crippen LogP contribution in [0.3, 0.4) is 0 Å². The van der Waals surface area contributed by atoms with Crippen LogP contribution in [-0.4, -0.2) is 23.2 Å². The lowest BCUT2D eigenvalue weighted by molar-refractivity contribution is 0.0965. The molecule has 0 saturated carbocycles. The second kappa shape index (κ2) is 3.98. The number of allylic oxidation sites excluding steroid dienone is 2. The fourth-order valence-electron chi connectivity index (χ4n) is 2.57. The number of phenols is 1. The molecule has 18 heavy (non-hydrogen) atoms. The van der Waals surface area contributed by atoms with E-state index in [1.165, 1.54) is 6.07 Å². The Hall–Kier alpha value is -2.10. The standard InChI is InChI=1S/C14H13NO3/c16-10-6-3-5-8-11(10)14(18)12-9(13(8)17)4-1-2-7-15-12/h3,5-6,15-16H,1-2,4,7H2. The van der Waals surface area contributed by atoms with E-state index in [2.05, 4.69) is 5.32 Å². The summed E-state index contributed by atoms with van der Waals surface area (Å²) >= 11 is 0. The monoisotopic (exact) mass is 243 g/mol. The van der Waals surface area contributed by atoms with Crippen molar-refractivity contribution >= 4 is 11.6 Å². The normalized spacial score (nSPS) is 18.9. The maximum atomic E-state index is 12.3. The zero-order chi connectivity index (χ0) is 12.7. The number of phenolic OH excluding ortho intramolecular Hbond substituents is 1. The number of hydrogen-bond acceptors (Lipinski definition) is 4. The third-order valence-corrected chi connectivity index (χ3v) is 3.47. The first kappa shape index (κ1) is 11.0. The molecule has 2 aliphatic rings. The van der Waals surface area contributed by atoms with E-state index in [1.807, 2.05) is 0 Å². The first-order valence-electron chi connectivity index (χ1n) is 6.08. The first-order chi connectivity index (χ1) is 8.70. The molecule has 3 rings (SSSR count). The molecule has 1 aromatic rings. The summed E-state index contributed by atoms with van der Waals surface area (Å²) < 4.78 is 0. The Kier molecular flexibility index (Phi) is 2.44. The van der Waals surface area contributed by atoms with Gasteiger partial charge >= 0.3 is 0 Å². The van der Waals surface area contributed by atoms with Crippen molar-refractivity contribution in [1.82, 2.24) is 5.32 Å². The summed E-state index contributed by atoms with van der Waals surface area (Å²) in [5.74, 6) is -0.520. The van der Waals surface area contributed by atoms with Crippen LogP contribution in [0.15, 0.2) is 29.5 Å². The third-order valence-electron chi connectivity index (χ3n) is 3.47. The van der Waals surface area contributed by atoms with Crippen LogP contribution in [0.1, 0.15) is 40.0 Å². The molecule has 0 amide bonds. The number of ketones is 2. The zero-order valence-electron chi connectivity index (χ0n) is 9.82. The van der Waals surface area contributed by atoms with E-state index in [0.29, 0.717) is 29.8 Å². The fraction of sp³-hybridized carbons (Fsp3) is 0.286. The van der Waals surface area contributed by atoms with Gasteiger partial charge in [-0.2, -0.15) is 0 Å². The lowest BCUT2D eigenvalue weighted by atomic mass is 9.85. The minimum Gasteiger partial charge on any atom is -0.507 e. The van der Waals surface area contributed by atoms with Gasteiger partial charge < -0.3 is 10.4 Å². The smallest absolute Gasteiger partial charge is 0.213 e. The van der Waals surface area contributed by atoms with Crippen molar-refractivity contribution in [1.29, 1.82) is 0 Å². The van der Waals surface area contributed by atoms with E-state index < -0.39 is 0 Å². The third kappa shape index (κ3) is 1.45. The molecule has 1 aliphatic carbocycles. The minimum absolute atomic E-state index is 0.122. The summed E-state index contributed by atoms with van der Waals surface area (Å²) in [5, 5.41) is 12.8. The second-order valence-electron chi connectivity index (χ2n) is 4.60. The number of rotatable bonds is 0. The molecule has 0 unspecified atom stereocenters. The van der Waals surface area contributed by atoms with E-state index >= 15 is 0 Å². The summed E-state index contributed by atoms with van der Waals surface area (Å²) in [6.07, 6.45) is 2.47. The molecule has 0 aromatic heterocycles. The van der Waals surface area contributed by atoms with Gasteiger partial charge in [-0.05, 0) is 25.3 Å². The Bertz CT molecular complexity index is 587. The molecule has 0 fully saturated rings. The molecule has 4 nitrogen and oxygen atoms in total. The van der Waals surface area contributed by atoms with Crippen LogP contribution in [0, 0.1) is 0 Å². The molecule has 1 aromatic carbocycles. The van der Waals surface area contributed by atoms with Crippen molar-refractivity contribution in [2.24, 2.45) is 0 Å². The molecule has 0 bridgehead atoms. The molecule has 92 valence electrons. The highest BCUT2D eigenvalue weighted by Crippen LogP contribution is 2.33. The number of carbonyl (C=O) groups is 2. The lowest BCUT2D eigenvalue weighted by Crippen LogP contribution is -2.29. The highest BCUT2D eigenvalue weighted by molar-refractivity contribution is 6.27. The predicted octanol–water partition coefficient (Wildman–Crippen LogP) is 1.80. The molecular weight excluding hydrogens is 230 g/mol. The van der Waals surface area contributed by atoms with Gasteiger partial charge in [-0.25, -0.2) is 0 Å². The number of hydrogen-bond donors (Lipinski definition) is 2. The summed E-state index contributed by atoms with van der Waals surface area (Å²) in [5.41, 5.74) is 1.40. The predicted molar refractivity (Wildman–Crippen MR) is 65.6 cm³/mol. The maximum Gasteiger partial charge on any atom is 0.213 e. The van der Waals surface area contributed by atoms with E-state index in [0.717, 1.165) is 12.8 Å². The van der Waals surface area contributed by atoms with Crippen molar-refractivity contribution in [2.75, 3.05) is 6.54 Å². The van der Waals surface area contributed by atoms with Gasteiger partial charge in [0.2, 0.25) is 5.78 Å². The molecule has 1 aliphatic heterocycles. The molecule has 4 heteroatoms. The van der Waals surface area contributed by atoms with Gasteiger partial charge in [-0.15, -0.1) is 0 Å². The SMILES string of the molecule is O=C1C2=C(NCCCC2)C(=O)c2c(O)cccc21. The molecule has 0 spiro atoms. The number of carbonyl (C=O) groups excluding carboxylic acids is 2. The van der Waals surface area contributed by atoms with Crippen molar-refractivity contribution < 1.29 is 14.7 Å². The van der Waals surface area contributed by atoms with Crippen molar-refractivity contribution in [3.05, 3.63) is 40.6 Å². The molecule has 2 N–H and O–H groups in total. The Morgan fingerprint density at radius 2 is 1.94 bits per heavy atom. The Balaban J connectivity index is 2.21. The van der Waals surface area contributed by atoms with Crippen LogP contribution in [0.2, 0.25) is 0 Å². The van der Waals surface area contributed by atoms with Gasteiger partial charge in [0.25, 0.3) is 0 Å². The number of fused-ring (bicyclic) bond motifs is 1. The van der Waals surface area contributed by atoms with Gasteiger partial charge in [-0.3, -0.25) is 9.59 Å². The Labute approximate surface area is 104 Å². The van der Waals surface area contributed by atoms with Crippen LogP contribution < -0.4 is 5.32 Å². The zero-order valence-corrected chi connectivity index (χ0v) is 9.82. The first-order valence-corrected chi connectivity index (χ1v) is 6.08. The minimum atomic E-state index is -0.264. The van der Waals surface area contributed by atoms with Crippen LogP contribution in [0.25, 0.3) is 0 Å². The molecule has 0 saturated heterocycles. The fourth-order valence-corrected chi connectivity index (χ4v) is 2.57. The van der Waals surface area contributed by atoms with Crippen molar-refractivity contribution in [3.63, 3.8) is 0 Å². The molecular formula is C14H13NO3. The van der Waals surface area contributed by atoms with Gasteiger partial charge in [0.15, 0.2) is 5.78 Å². The van der Waals surface area contributed by atoms with Crippen LogP contribution >= 0.6 is 0 Å². The summed E-state index contributed by atoms with van der Waals surface area (Å²) in [6.45, 7) is 0.695. The average molecular weight is 243 g/mol. The molecule has 1 heterocycles. The van der Waals surface area contributed by atoms with Gasteiger partial charge in [-0.1, -0.05) is 12.1 Å². The Morgan fingerprint density at radius 3 is 2.78 bits per heavy atom. The van der Waals surface area contributed by atoms with Crippen LogP contribution in [0.4, 0.5) is 0 Å². The number of Topliss-reactive ketones (excluding diaryl/α,β-unsaturated/α-hetero) is 2. The van der Waals surface area contributed by atoms with Crippen LogP contribution in [0.5, 0.6) is 5.75 Å². The second-order valence-corrected chi connectivity index (χ2v) is 4.60. The summed E-state index contributed by atoms with van der Waals surface area (Å²) in [4.78, 5) is 24.7. The average Bonchev–Trinajstić information content (AvgIpc) is 2.61. The van der Waals surface area contributed by atoms with Crippen LogP contribution in [-0.2, 0) is 0 Å². The Morgan fingerprint density at radius 1 is 1.11 bits per heavy atom. The quantitative estimate of drug-likeness (QED) is 0.729. The van der Waals surface area contributed by atoms with Gasteiger partial charge in [0.05, 0.1) is 11.3 Å². The lowest BCUT2D eigenvalue weighted by Gasteiger charge is -2.20. The topological polar surface area (TPSA) is 66.4 Å². The van der Waals surface area contributed by atoms with E-state index in [1.54, 1.807) is 12.1 Å². The molecule has 0 radical (unpaired) electrons. The maximum absolute atomic E-state index is 12.3. The van der Waals surface area contributed by atoms with Crippen molar-refractivity contribution in [2.45, 2.75) is 19.3 Å². The van der Waals surface area contributed by atoms with Crippen molar-refractivity contribution in [3.8, 4) is 5.75 Å². The molecule has 0 atom stereocenters. The van der Waals surface area contributed by atoms with Gasteiger partial charge in [0, 0.05) is 17.7 Å². The highest BCUT2D eigenvalue weighted by Gasteiger charge is 2.34. The van der Waals surface area contributed by atoms with E-state index in [-0.39, 0.29) is 22.9 Å². The summed E-state index contributed by atoms with van der Waals surface area (Å²) in [6, 6.07) is 4.63. The number of benzene rings is 1. The highest BCUT2D eigenvalue weighted by atomic mass is 16.3.